The van der Waals surface area contributed by atoms with Gasteiger partial charge in [0.2, 0.25) is 17.7 Å². The predicted octanol–water partition coefficient (Wildman–Crippen LogP) is 3.63. The van der Waals surface area contributed by atoms with Crippen LogP contribution in [0.3, 0.4) is 0 Å². The van der Waals surface area contributed by atoms with Crippen molar-refractivity contribution in [2.45, 2.75) is 160 Å². The smallest absolute Gasteiger partial charge is 0.326 e. The number of ether oxygens (including phenoxy) is 4. The zero-order chi connectivity index (χ0) is 45.9. The first-order valence-electron chi connectivity index (χ1n) is 22.9. The highest BCUT2D eigenvalue weighted by atomic mass is 16.5. The lowest BCUT2D eigenvalue weighted by molar-refractivity contribution is -0.142. The Balaban J connectivity index is 3.66. The molecule has 18 nitrogen and oxygen atoms in total. The number of aliphatic hydroxyl groups is 1. The van der Waals surface area contributed by atoms with E-state index in [4.69, 9.17) is 29.2 Å². The molecular formula is C44H80N4O14. The Morgan fingerprint density at radius 1 is 0.468 bits per heavy atom. The molecule has 0 aromatic carbocycles. The number of carboxylic acids is 2. The lowest BCUT2D eigenvalue weighted by atomic mass is 10.0. The number of hydrogen-bond acceptors (Lipinski definition) is 13. The highest BCUT2D eigenvalue weighted by molar-refractivity contribution is 5.85. The number of Topliss-reactive ketones (excluding diaryl/α,β-unsaturated/α-hetero) is 2. The van der Waals surface area contributed by atoms with Crippen LogP contribution in [0.25, 0.3) is 0 Å². The van der Waals surface area contributed by atoms with Gasteiger partial charge in [-0.05, 0) is 52.0 Å². The van der Waals surface area contributed by atoms with E-state index in [1.807, 2.05) is 0 Å². The van der Waals surface area contributed by atoms with Gasteiger partial charge in [-0.25, -0.2) is 4.79 Å². The molecule has 0 radical (unpaired) electrons. The van der Waals surface area contributed by atoms with Crippen LogP contribution in [0.2, 0.25) is 0 Å². The molecule has 0 aliphatic carbocycles. The molecule has 0 saturated heterocycles. The summed E-state index contributed by atoms with van der Waals surface area (Å²) in [4.78, 5) is 82.1. The average Bonchev–Trinajstić information content (AvgIpc) is 3.24. The Morgan fingerprint density at radius 2 is 0.968 bits per heavy atom. The van der Waals surface area contributed by atoms with E-state index in [9.17, 15) is 38.7 Å². The van der Waals surface area contributed by atoms with Crippen LogP contribution < -0.4 is 21.3 Å². The molecule has 0 rings (SSSR count). The lowest BCUT2D eigenvalue weighted by Gasteiger charge is -2.14. The van der Waals surface area contributed by atoms with E-state index in [-0.39, 0.29) is 120 Å². The molecule has 0 heterocycles. The van der Waals surface area contributed by atoms with Gasteiger partial charge < -0.3 is 55.5 Å². The van der Waals surface area contributed by atoms with Gasteiger partial charge in [-0.3, -0.25) is 28.8 Å². The zero-order valence-electron chi connectivity index (χ0n) is 37.5. The molecule has 0 aliphatic rings. The van der Waals surface area contributed by atoms with Gasteiger partial charge in [-0.1, -0.05) is 77.0 Å². The average molecular weight is 889 g/mol. The maximum Gasteiger partial charge on any atom is 0.326 e. The Morgan fingerprint density at radius 3 is 1.48 bits per heavy atom. The van der Waals surface area contributed by atoms with Crippen LogP contribution in [0.1, 0.15) is 148 Å². The normalized spacial score (nSPS) is 12.1. The molecule has 0 aromatic rings. The second-order valence-corrected chi connectivity index (χ2v) is 15.5. The van der Waals surface area contributed by atoms with Gasteiger partial charge in [0.1, 0.15) is 31.6 Å². The van der Waals surface area contributed by atoms with E-state index in [1.165, 1.54) is 44.9 Å². The van der Waals surface area contributed by atoms with Crippen molar-refractivity contribution in [1.29, 1.82) is 0 Å². The highest BCUT2D eigenvalue weighted by Gasteiger charge is 2.21. The van der Waals surface area contributed by atoms with Gasteiger partial charge in [-0.2, -0.15) is 0 Å². The van der Waals surface area contributed by atoms with Crippen molar-refractivity contribution in [2.24, 2.45) is 0 Å². The zero-order valence-corrected chi connectivity index (χ0v) is 37.5. The summed E-state index contributed by atoms with van der Waals surface area (Å²) in [6, 6.07) is -1.49. The van der Waals surface area contributed by atoms with Crippen molar-refractivity contribution in [3.05, 3.63) is 0 Å². The van der Waals surface area contributed by atoms with Gasteiger partial charge >= 0.3 is 11.9 Å². The van der Waals surface area contributed by atoms with Gasteiger partial charge in [0, 0.05) is 45.4 Å². The molecule has 360 valence electrons. The minimum Gasteiger partial charge on any atom is -0.481 e. The SMILES string of the molecule is CN[C@@H](CCCCNC(=O)COCCOCCNC(=O)COCCOCCCC(=O)CC[C@H](NC(=O)CCCCCCCCCCCCCCCCC(=O)O)C(=O)O)C(=O)CO. The monoisotopic (exact) mass is 889 g/mol. The van der Waals surface area contributed by atoms with Crippen LogP contribution in [0.5, 0.6) is 0 Å². The molecule has 0 bridgehead atoms. The van der Waals surface area contributed by atoms with Crippen molar-refractivity contribution in [1.82, 2.24) is 21.3 Å². The van der Waals surface area contributed by atoms with Crippen LogP contribution in [-0.2, 0) is 52.5 Å². The Kier molecular flexibility index (Phi) is 40.3. The number of ketones is 2. The fourth-order valence-electron chi connectivity index (χ4n) is 6.42. The van der Waals surface area contributed by atoms with Crippen molar-refractivity contribution in [3.63, 3.8) is 0 Å². The number of likely N-dealkylation sites (N-methyl/N-ethyl adjacent to an activating group) is 1. The Bertz CT molecular complexity index is 1210. The second kappa shape index (κ2) is 42.7. The third-order valence-electron chi connectivity index (χ3n) is 10.0. The van der Waals surface area contributed by atoms with E-state index in [2.05, 4.69) is 21.3 Å². The molecule has 0 aliphatic heterocycles. The summed E-state index contributed by atoms with van der Waals surface area (Å²) in [6.45, 7) is 1.43. The van der Waals surface area contributed by atoms with E-state index >= 15 is 0 Å². The lowest BCUT2D eigenvalue weighted by Crippen LogP contribution is -2.41. The highest BCUT2D eigenvalue weighted by Crippen LogP contribution is 2.14. The predicted molar refractivity (Wildman–Crippen MR) is 233 cm³/mol. The molecule has 0 aromatic heterocycles. The molecular weight excluding hydrogens is 808 g/mol. The molecule has 0 fully saturated rings. The fourth-order valence-corrected chi connectivity index (χ4v) is 6.42. The number of rotatable bonds is 47. The van der Waals surface area contributed by atoms with Crippen molar-refractivity contribution >= 4 is 41.2 Å². The van der Waals surface area contributed by atoms with Crippen LogP contribution in [0.15, 0.2) is 0 Å². The number of amides is 3. The van der Waals surface area contributed by atoms with Crippen LogP contribution >= 0.6 is 0 Å². The maximum absolute atomic E-state index is 12.3. The molecule has 0 unspecified atom stereocenters. The van der Waals surface area contributed by atoms with Crippen molar-refractivity contribution in [2.75, 3.05) is 79.6 Å². The standard InChI is InChI=1S/C44H80N4O14/c1-45-37(39(51)33-49)20-16-17-25-46-41(53)34-62-32-30-60-28-26-47-42(54)35-61-31-29-59-27-18-19-36(50)23-24-38(44(57)58)48-40(52)21-14-12-10-8-6-4-2-3-5-7-9-11-13-15-22-43(55)56/h37-38,45,49H,2-35H2,1H3,(H,46,53)(H,47,54)(H,48,52)(H,55,56)(H,57,58)/t37-,38-/m0/s1. The number of carbonyl (C=O) groups is 7. The number of carboxylic acid groups (broad SMARTS) is 2. The van der Waals surface area contributed by atoms with Crippen molar-refractivity contribution < 1.29 is 67.8 Å². The summed E-state index contributed by atoms with van der Waals surface area (Å²) >= 11 is 0. The van der Waals surface area contributed by atoms with Crippen LogP contribution in [0, 0.1) is 0 Å². The fraction of sp³-hybridized carbons (Fsp3) is 0.841. The largest absolute Gasteiger partial charge is 0.481 e. The van der Waals surface area contributed by atoms with Crippen LogP contribution in [-0.4, -0.2) is 148 Å². The molecule has 0 saturated carbocycles. The first-order valence-corrected chi connectivity index (χ1v) is 22.9. The van der Waals surface area contributed by atoms with Gasteiger partial charge in [-0.15, -0.1) is 0 Å². The van der Waals surface area contributed by atoms with Gasteiger partial charge in [0.05, 0.1) is 39.1 Å². The quantitative estimate of drug-likeness (QED) is 0.0431. The molecule has 62 heavy (non-hydrogen) atoms. The molecule has 0 spiro atoms. The van der Waals surface area contributed by atoms with E-state index in [0.29, 0.717) is 38.8 Å². The third kappa shape index (κ3) is 39.3. The summed E-state index contributed by atoms with van der Waals surface area (Å²) in [5, 5.41) is 37.9. The number of carbonyl (C=O) groups excluding carboxylic acids is 5. The minimum atomic E-state index is -1.16. The third-order valence-corrected chi connectivity index (χ3v) is 10.0. The number of aliphatic carboxylic acids is 2. The van der Waals surface area contributed by atoms with Crippen LogP contribution in [0.4, 0.5) is 0 Å². The van der Waals surface area contributed by atoms with Gasteiger partial charge in [0.15, 0.2) is 5.78 Å². The van der Waals surface area contributed by atoms with E-state index in [1.54, 1.807) is 7.05 Å². The van der Waals surface area contributed by atoms with E-state index in [0.717, 1.165) is 44.9 Å². The summed E-state index contributed by atoms with van der Waals surface area (Å²) in [5.74, 6) is -3.11. The van der Waals surface area contributed by atoms with Crippen molar-refractivity contribution in [3.8, 4) is 0 Å². The Labute approximate surface area is 369 Å². The van der Waals surface area contributed by atoms with E-state index < -0.39 is 24.6 Å². The second-order valence-electron chi connectivity index (χ2n) is 15.5. The number of hydrogen-bond donors (Lipinski definition) is 7. The van der Waals surface area contributed by atoms with Gasteiger partial charge in [0.25, 0.3) is 0 Å². The number of unbranched alkanes of at least 4 members (excludes halogenated alkanes) is 14. The molecule has 2 atom stereocenters. The molecule has 18 heteroatoms. The summed E-state index contributed by atoms with van der Waals surface area (Å²) in [6.07, 6.45) is 18.4. The Hall–Kier alpha value is -3.55. The first-order chi connectivity index (χ1) is 30.0. The number of nitrogens with one attached hydrogen (secondary N) is 4. The minimum absolute atomic E-state index is 0.0323. The summed E-state index contributed by atoms with van der Waals surface area (Å²) < 4.78 is 21.4. The molecule has 3 amide bonds. The topological polar surface area (TPSA) is 265 Å². The first kappa shape index (κ1) is 58.5. The summed E-state index contributed by atoms with van der Waals surface area (Å²) in [5.41, 5.74) is 0. The summed E-state index contributed by atoms with van der Waals surface area (Å²) in [7, 11) is 1.67. The maximum atomic E-state index is 12.3. The number of aliphatic hydroxyl groups excluding tert-OH is 1. The molecule has 7 N–H and O–H groups in total.